The molecule has 1 amide bonds. The van der Waals surface area contributed by atoms with Crippen LogP contribution < -0.4 is 5.32 Å². The predicted octanol–water partition coefficient (Wildman–Crippen LogP) is 4.77. The van der Waals surface area contributed by atoms with Crippen LogP contribution in [0.15, 0.2) is 48.7 Å². The summed E-state index contributed by atoms with van der Waals surface area (Å²) in [7, 11) is 1.96. The Morgan fingerprint density at radius 2 is 1.97 bits per heavy atom. The quantitative estimate of drug-likeness (QED) is 0.493. The molecule has 0 bridgehead atoms. The zero-order chi connectivity index (χ0) is 22.4. The molecule has 1 atom stereocenters. The van der Waals surface area contributed by atoms with Crippen LogP contribution in [0, 0.1) is 0 Å². The van der Waals surface area contributed by atoms with Crippen LogP contribution in [-0.4, -0.2) is 50.8 Å². The lowest BCUT2D eigenvalue weighted by atomic mass is 10.1. The third-order valence-electron chi connectivity index (χ3n) is 5.58. The molecule has 0 saturated carbocycles. The van der Waals surface area contributed by atoms with Gasteiger partial charge < -0.3 is 14.8 Å². The molecule has 2 heterocycles. The van der Waals surface area contributed by atoms with Crippen molar-refractivity contribution in [2.45, 2.75) is 39.7 Å². The number of carbonyl (C=O) groups is 1. The molecule has 2 aromatic heterocycles. The van der Waals surface area contributed by atoms with E-state index < -0.39 is 0 Å². The second-order valence-corrected chi connectivity index (χ2v) is 8.29. The van der Waals surface area contributed by atoms with Gasteiger partial charge in [-0.1, -0.05) is 31.5 Å². The SMILES string of the molecule is CCN(CC)CCCC(C)NC(=O)c1cc(-c2cccn2C)nn1-c1cccc(Cl)c1. The van der Waals surface area contributed by atoms with E-state index in [2.05, 4.69) is 31.0 Å². The Labute approximate surface area is 189 Å². The van der Waals surface area contributed by atoms with E-state index >= 15 is 0 Å². The molecule has 0 saturated heterocycles. The Morgan fingerprint density at radius 1 is 1.19 bits per heavy atom. The van der Waals surface area contributed by atoms with Crippen LogP contribution in [0.1, 0.15) is 44.1 Å². The van der Waals surface area contributed by atoms with E-state index in [0.717, 1.165) is 49.6 Å². The molecule has 0 aliphatic carbocycles. The van der Waals surface area contributed by atoms with Gasteiger partial charge in [-0.3, -0.25) is 4.79 Å². The number of hydrogen-bond acceptors (Lipinski definition) is 3. The Hall–Kier alpha value is -2.57. The summed E-state index contributed by atoms with van der Waals surface area (Å²) in [5.74, 6) is -0.136. The molecule has 0 radical (unpaired) electrons. The molecule has 0 spiro atoms. The number of halogens is 1. The minimum absolute atomic E-state index is 0.0734. The van der Waals surface area contributed by atoms with E-state index in [1.54, 1.807) is 4.68 Å². The summed E-state index contributed by atoms with van der Waals surface area (Å²) in [5.41, 5.74) is 2.94. The predicted molar refractivity (Wildman–Crippen MR) is 127 cm³/mol. The molecule has 7 heteroatoms. The topological polar surface area (TPSA) is 55.1 Å². The standard InChI is InChI=1S/C24H32ClN5O/c1-5-29(6-2)15-8-10-18(3)26-24(31)23-17-21(22-13-9-14-28(22)4)27-30(23)20-12-7-11-19(25)16-20/h7,9,11-14,16-18H,5-6,8,10,15H2,1-4H3,(H,26,31). The Bertz CT molecular complexity index is 1010. The summed E-state index contributed by atoms with van der Waals surface area (Å²) in [4.78, 5) is 15.6. The summed E-state index contributed by atoms with van der Waals surface area (Å²) in [5, 5.41) is 8.48. The molecule has 1 unspecified atom stereocenters. The van der Waals surface area contributed by atoms with Gasteiger partial charge in [-0.05, 0) is 75.8 Å². The van der Waals surface area contributed by atoms with Crippen LogP contribution in [0.4, 0.5) is 0 Å². The zero-order valence-electron chi connectivity index (χ0n) is 18.8. The van der Waals surface area contributed by atoms with Crippen LogP contribution in [0.2, 0.25) is 5.02 Å². The highest BCUT2D eigenvalue weighted by Gasteiger charge is 2.20. The van der Waals surface area contributed by atoms with Gasteiger partial charge in [0, 0.05) is 24.3 Å². The largest absolute Gasteiger partial charge is 0.349 e. The fourth-order valence-electron chi connectivity index (χ4n) is 3.73. The number of benzene rings is 1. The lowest BCUT2D eigenvalue weighted by Crippen LogP contribution is -2.34. The molecule has 0 fully saturated rings. The second-order valence-electron chi connectivity index (χ2n) is 7.85. The van der Waals surface area contributed by atoms with E-state index in [1.165, 1.54) is 0 Å². The number of rotatable bonds is 10. The highest BCUT2D eigenvalue weighted by molar-refractivity contribution is 6.30. The van der Waals surface area contributed by atoms with Crippen molar-refractivity contribution in [3.05, 3.63) is 59.4 Å². The molecule has 1 aromatic carbocycles. The minimum Gasteiger partial charge on any atom is -0.349 e. The van der Waals surface area contributed by atoms with Crippen LogP contribution >= 0.6 is 11.6 Å². The van der Waals surface area contributed by atoms with E-state index in [9.17, 15) is 4.79 Å². The summed E-state index contributed by atoms with van der Waals surface area (Å²) >= 11 is 6.20. The number of aryl methyl sites for hydroxylation is 1. The fourth-order valence-corrected chi connectivity index (χ4v) is 3.92. The van der Waals surface area contributed by atoms with Crippen molar-refractivity contribution in [1.82, 2.24) is 24.6 Å². The molecule has 3 rings (SSSR count). The maximum atomic E-state index is 13.2. The number of nitrogens with zero attached hydrogens (tertiary/aromatic N) is 4. The number of carbonyl (C=O) groups excluding carboxylic acids is 1. The first-order valence-electron chi connectivity index (χ1n) is 10.9. The lowest BCUT2D eigenvalue weighted by Gasteiger charge is -2.20. The average Bonchev–Trinajstić information content (AvgIpc) is 3.37. The number of nitrogens with one attached hydrogen (secondary N) is 1. The molecule has 0 aliphatic rings. The van der Waals surface area contributed by atoms with Crippen molar-refractivity contribution in [2.24, 2.45) is 7.05 Å². The van der Waals surface area contributed by atoms with Crippen LogP contribution in [0.25, 0.3) is 17.1 Å². The fraction of sp³-hybridized carbons (Fsp3) is 0.417. The van der Waals surface area contributed by atoms with Gasteiger partial charge >= 0.3 is 0 Å². The van der Waals surface area contributed by atoms with Crippen LogP contribution in [0.3, 0.4) is 0 Å². The van der Waals surface area contributed by atoms with Crippen molar-refractivity contribution in [3.63, 3.8) is 0 Å². The number of aromatic nitrogens is 3. The van der Waals surface area contributed by atoms with E-state index in [-0.39, 0.29) is 11.9 Å². The summed E-state index contributed by atoms with van der Waals surface area (Å²) in [6.07, 6.45) is 3.94. The molecule has 31 heavy (non-hydrogen) atoms. The van der Waals surface area contributed by atoms with Crippen molar-refractivity contribution >= 4 is 17.5 Å². The Morgan fingerprint density at radius 3 is 2.61 bits per heavy atom. The van der Waals surface area contributed by atoms with Gasteiger partial charge in [-0.2, -0.15) is 5.10 Å². The smallest absolute Gasteiger partial charge is 0.270 e. The van der Waals surface area contributed by atoms with Gasteiger partial charge in [-0.25, -0.2) is 4.68 Å². The third-order valence-corrected chi connectivity index (χ3v) is 5.82. The summed E-state index contributed by atoms with van der Waals surface area (Å²) in [6.45, 7) is 9.56. The van der Waals surface area contributed by atoms with Gasteiger partial charge in [0.2, 0.25) is 0 Å². The van der Waals surface area contributed by atoms with Gasteiger partial charge in [-0.15, -0.1) is 0 Å². The third kappa shape index (κ3) is 5.77. The minimum atomic E-state index is -0.136. The zero-order valence-corrected chi connectivity index (χ0v) is 19.6. The van der Waals surface area contributed by atoms with Crippen molar-refractivity contribution in [2.75, 3.05) is 19.6 Å². The first-order chi connectivity index (χ1) is 14.9. The van der Waals surface area contributed by atoms with Crippen LogP contribution in [0.5, 0.6) is 0 Å². The molecule has 1 N–H and O–H groups in total. The average molecular weight is 442 g/mol. The Balaban J connectivity index is 1.81. The van der Waals surface area contributed by atoms with Gasteiger partial charge in [0.05, 0.1) is 11.4 Å². The van der Waals surface area contributed by atoms with Crippen LogP contribution in [-0.2, 0) is 7.05 Å². The van der Waals surface area contributed by atoms with Gasteiger partial charge in [0.1, 0.15) is 11.4 Å². The van der Waals surface area contributed by atoms with Crippen molar-refractivity contribution < 1.29 is 4.79 Å². The highest BCUT2D eigenvalue weighted by atomic mass is 35.5. The summed E-state index contributed by atoms with van der Waals surface area (Å²) < 4.78 is 3.66. The first-order valence-corrected chi connectivity index (χ1v) is 11.3. The van der Waals surface area contributed by atoms with Gasteiger partial charge in [0.25, 0.3) is 5.91 Å². The molecule has 0 aliphatic heterocycles. The maximum absolute atomic E-state index is 13.2. The maximum Gasteiger partial charge on any atom is 0.270 e. The highest BCUT2D eigenvalue weighted by Crippen LogP contribution is 2.23. The van der Waals surface area contributed by atoms with E-state index in [4.69, 9.17) is 16.7 Å². The molecule has 6 nitrogen and oxygen atoms in total. The monoisotopic (exact) mass is 441 g/mol. The molecular weight excluding hydrogens is 410 g/mol. The van der Waals surface area contributed by atoms with Crippen molar-refractivity contribution in [1.29, 1.82) is 0 Å². The first kappa shape index (κ1) is 23.1. The van der Waals surface area contributed by atoms with E-state index in [1.807, 2.05) is 60.3 Å². The van der Waals surface area contributed by atoms with E-state index in [0.29, 0.717) is 10.7 Å². The molecular formula is C24H32ClN5O. The summed E-state index contributed by atoms with van der Waals surface area (Å²) in [6, 6.07) is 13.3. The molecule has 3 aromatic rings. The second kappa shape index (κ2) is 10.6. The molecule has 166 valence electrons. The number of amides is 1. The normalized spacial score (nSPS) is 12.3. The van der Waals surface area contributed by atoms with Gasteiger partial charge in [0.15, 0.2) is 0 Å². The lowest BCUT2D eigenvalue weighted by molar-refractivity contribution is 0.0929. The Kier molecular flexibility index (Phi) is 7.93. The number of hydrogen-bond donors (Lipinski definition) is 1. The van der Waals surface area contributed by atoms with Crippen molar-refractivity contribution in [3.8, 4) is 17.1 Å².